The number of phenols is 1. The fourth-order valence-corrected chi connectivity index (χ4v) is 2.71. The van der Waals surface area contributed by atoms with Gasteiger partial charge in [0, 0.05) is 21.4 Å². The van der Waals surface area contributed by atoms with Gasteiger partial charge in [-0.05, 0) is 46.9 Å². The van der Waals surface area contributed by atoms with E-state index in [4.69, 9.17) is 5.73 Å². The van der Waals surface area contributed by atoms with Gasteiger partial charge in [-0.2, -0.15) is 0 Å². The van der Waals surface area contributed by atoms with Crippen molar-refractivity contribution in [3.8, 4) is 17.6 Å². The Balaban J connectivity index is 1.97. The van der Waals surface area contributed by atoms with Gasteiger partial charge in [-0.3, -0.25) is 4.79 Å². The number of hydrogen-bond acceptors (Lipinski definition) is 4. The molecule has 2 rings (SSSR count). The van der Waals surface area contributed by atoms with Crippen molar-refractivity contribution in [2.45, 2.75) is 6.54 Å². The molecule has 0 atom stereocenters. The van der Waals surface area contributed by atoms with Gasteiger partial charge in [0.1, 0.15) is 5.75 Å². The molecule has 108 valence electrons. The van der Waals surface area contributed by atoms with Crippen LogP contribution in [-0.2, 0) is 6.54 Å². The summed E-state index contributed by atoms with van der Waals surface area (Å²) in [5.41, 5.74) is 6.66. The molecule has 1 heterocycles. The first-order valence-corrected chi connectivity index (χ1v) is 8.09. The summed E-state index contributed by atoms with van der Waals surface area (Å²) < 4.78 is 0.713. The lowest BCUT2D eigenvalue weighted by Crippen LogP contribution is -2.22. The predicted molar refractivity (Wildman–Crippen MR) is 92.2 cm³/mol. The molecule has 0 saturated heterocycles. The standard InChI is InChI=1S/C15H13IN2O2S/c16-13-4-3-11(7-14(13)19)15(20)18-8-12-6-10(9-21-12)2-1-5-17/h3-4,6-7,9,19H,5,8,17H2,(H,18,20). The number of thiophene rings is 1. The molecule has 0 fully saturated rings. The minimum atomic E-state index is -0.218. The number of benzene rings is 1. The second-order valence-electron chi connectivity index (χ2n) is 4.16. The smallest absolute Gasteiger partial charge is 0.251 e. The van der Waals surface area contributed by atoms with E-state index in [0.717, 1.165) is 10.4 Å². The van der Waals surface area contributed by atoms with Crippen molar-refractivity contribution in [3.05, 3.63) is 49.2 Å². The van der Waals surface area contributed by atoms with Gasteiger partial charge in [-0.1, -0.05) is 11.8 Å². The largest absolute Gasteiger partial charge is 0.507 e. The molecule has 0 aliphatic heterocycles. The van der Waals surface area contributed by atoms with Crippen molar-refractivity contribution in [1.29, 1.82) is 0 Å². The zero-order chi connectivity index (χ0) is 15.2. The lowest BCUT2D eigenvalue weighted by molar-refractivity contribution is 0.0951. The fraction of sp³-hybridized carbons (Fsp3) is 0.133. The highest BCUT2D eigenvalue weighted by Gasteiger charge is 2.08. The van der Waals surface area contributed by atoms with Crippen LogP contribution in [0.1, 0.15) is 20.8 Å². The van der Waals surface area contributed by atoms with Crippen LogP contribution in [0.5, 0.6) is 5.75 Å². The number of rotatable bonds is 3. The number of phenolic OH excluding ortho intramolecular Hbond substituents is 1. The van der Waals surface area contributed by atoms with Gasteiger partial charge in [-0.15, -0.1) is 11.3 Å². The number of hydrogen-bond donors (Lipinski definition) is 3. The number of carbonyl (C=O) groups excluding carboxylic acids is 1. The summed E-state index contributed by atoms with van der Waals surface area (Å²) in [6, 6.07) is 6.78. The van der Waals surface area contributed by atoms with Crippen LogP contribution in [0.25, 0.3) is 0 Å². The van der Waals surface area contributed by atoms with Gasteiger partial charge < -0.3 is 16.2 Å². The van der Waals surface area contributed by atoms with Crippen LogP contribution >= 0.6 is 33.9 Å². The van der Waals surface area contributed by atoms with Crippen molar-refractivity contribution < 1.29 is 9.90 Å². The summed E-state index contributed by atoms with van der Waals surface area (Å²) in [6.45, 7) is 0.763. The minimum absolute atomic E-state index is 0.110. The average Bonchev–Trinajstić information content (AvgIpc) is 2.93. The molecule has 0 unspecified atom stereocenters. The first-order chi connectivity index (χ1) is 10.1. The molecule has 21 heavy (non-hydrogen) atoms. The van der Waals surface area contributed by atoms with Crippen LogP contribution < -0.4 is 11.1 Å². The third-order valence-corrected chi connectivity index (χ3v) is 4.47. The SMILES string of the molecule is NCC#Cc1csc(CNC(=O)c2ccc(I)c(O)c2)c1. The maximum absolute atomic E-state index is 12.0. The Bertz CT molecular complexity index is 716. The fourth-order valence-electron chi connectivity index (χ4n) is 1.62. The van der Waals surface area contributed by atoms with Gasteiger partial charge in [0.25, 0.3) is 5.91 Å². The van der Waals surface area contributed by atoms with E-state index < -0.39 is 0 Å². The Kier molecular flexibility index (Phi) is 5.61. The number of aromatic hydroxyl groups is 1. The number of carbonyl (C=O) groups is 1. The Hall–Kier alpha value is -1.56. The van der Waals surface area contributed by atoms with Gasteiger partial charge in [0.05, 0.1) is 16.7 Å². The molecule has 1 aromatic heterocycles. The average molecular weight is 412 g/mol. The monoisotopic (exact) mass is 412 g/mol. The Morgan fingerprint density at radius 3 is 2.95 bits per heavy atom. The van der Waals surface area contributed by atoms with E-state index >= 15 is 0 Å². The van der Waals surface area contributed by atoms with Gasteiger partial charge >= 0.3 is 0 Å². The zero-order valence-corrected chi connectivity index (χ0v) is 14.0. The van der Waals surface area contributed by atoms with Crippen molar-refractivity contribution in [2.24, 2.45) is 5.73 Å². The minimum Gasteiger partial charge on any atom is -0.507 e. The summed E-state index contributed by atoms with van der Waals surface area (Å²) in [5.74, 6) is 5.63. The molecular weight excluding hydrogens is 399 g/mol. The van der Waals surface area contributed by atoms with Gasteiger partial charge in [0.15, 0.2) is 0 Å². The summed E-state index contributed by atoms with van der Waals surface area (Å²) in [4.78, 5) is 13.0. The van der Waals surface area contributed by atoms with E-state index in [1.807, 2.05) is 34.0 Å². The Morgan fingerprint density at radius 1 is 1.43 bits per heavy atom. The van der Waals surface area contributed by atoms with Crippen LogP contribution in [-0.4, -0.2) is 17.6 Å². The van der Waals surface area contributed by atoms with E-state index in [9.17, 15) is 9.90 Å². The van der Waals surface area contributed by atoms with Crippen LogP contribution in [0, 0.1) is 15.4 Å². The van der Waals surface area contributed by atoms with Crippen LogP contribution in [0.15, 0.2) is 29.6 Å². The number of halogens is 1. The lowest BCUT2D eigenvalue weighted by Gasteiger charge is -2.05. The highest BCUT2D eigenvalue weighted by molar-refractivity contribution is 14.1. The van der Waals surface area contributed by atoms with E-state index in [2.05, 4.69) is 17.2 Å². The summed E-state index contributed by atoms with van der Waals surface area (Å²) in [6.07, 6.45) is 0. The molecule has 0 spiro atoms. The number of nitrogens with one attached hydrogen (secondary N) is 1. The first-order valence-electron chi connectivity index (χ1n) is 6.13. The second kappa shape index (κ2) is 7.45. The molecule has 0 saturated carbocycles. The Labute approximate surface area is 140 Å². The molecule has 4 nitrogen and oxygen atoms in total. The highest BCUT2D eigenvalue weighted by atomic mass is 127. The van der Waals surface area contributed by atoms with E-state index in [1.165, 1.54) is 17.4 Å². The molecule has 6 heteroatoms. The van der Waals surface area contributed by atoms with Gasteiger partial charge in [0.2, 0.25) is 0 Å². The van der Waals surface area contributed by atoms with E-state index in [-0.39, 0.29) is 11.7 Å². The maximum atomic E-state index is 12.0. The Morgan fingerprint density at radius 2 is 2.24 bits per heavy atom. The molecular formula is C15H13IN2O2S. The number of amides is 1. The molecule has 2 aromatic rings. The van der Waals surface area contributed by atoms with Crippen molar-refractivity contribution in [3.63, 3.8) is 0 Å². The quantitative estimate of drug-likeness (QED) is 0.535. The van der Waals surface area contributed by atoms with Crippen molar-refractivity contribution in [2.75, 3.05) is 6.54 Å². The molecule has 4 N–H and O–H groups in total. The van der Waals surface area contributed by atoms with Crippen LogP contribution in [0.3, 0.4) is 0 Å². The van der Waals surface area contributed by atoms with Crippen molar-refractivity contribution >= 4 is 39.8 Å². The first kappa shape index (κ1) is 15.8. The maximum Gasteiger partial charge on any atom is 0.251 e. The summed E-state index contributed by atoms with van der Waals surface area (Å²) in [7, 11) is 0. The van der Waals surface area contributed by atoms with Crippen LogP contribution in [0.4, 0.5) is 0 Å². The molecule has 1 amide bonds. The summed E-state index contributed by atoms with van der Waals surface area (Å²) in [5, 5.41) is 14.4. The zero-order valence-electron chi connectivity index (χ0n) is 11.0. The number of nitrogens with two attached hydrogens (primary N) is 1. The van der Waals surface area contributed by atoms with Crippen molar-refractivity contribution in [1.82, 2.24) is 5.32 Å². The third kappa shape index (κ3) is 4.46. The molecule has 0 aliphatic rings. The highest BCUT2D eigenvalue weighted by Crippen LogP contribution is 2.20. The second-order valence-corrected chi connectivity index (χ2v) is 6.31. The molecule has 0 radical (unpaired) electrons. The molecule has 0 bridgehead atoms. The molecule has 1 aromatic carbocycles. The summed E-state index contributed by atoms with van der Waals surface area (Å²) >= 11 is 3.54. The molecule has 0 aliphatic carbocycles. The normalized spacial score (nSPS) is 9.81. The van der Waals surface area contributed by atoms with E-state index in [0.29, 0.717) is 22.2 Å². The topological polar surface area (TPSA) is 75.3 Å². The predicted octanol–water partition coefficient (Wildman–Crippen LogP) is 2.30. The lowest BCUT2D eigenvalue weighted by atomic mass is 10.2. The van der Waals surface area contributed by atoms with Gasteiger partial charge in [-0.25, -0.2) is 0 Å². The van der Waals surface area contributed by atoms with Crippen LogP contribution in [0.2, 0.25) is 0 Å². The third-order valence-electron chi connectivity index (χ3n) is 2.62. The van der Waals surface area contributed by atoms with E-state index in [1.54, 1.807) is 12.1 Å².